The second-order valence-electron chi connectivity index (χ2n) is 6.74. The lowest BCUT2D eigenvalue weighted by molar-refractivity contribution is 0.753. The molecule has 1 aromatic carbocycles. The zero-order valence-corrected chi connectivity index (χ0v) is 16.5. The van der Waals surface area contributed by atoms with Gasteiger partial charge >= 0.3 is 0 Å². The maximum atomic E-state index is 4.70. The third-order valence-electron chi connectivity index (χ3n) is 4.66. The molecule has 0 amide bonds. The highest BCUT2D eigenvalue weighted by molar-refractivity contribution is 5.70. The van der Waals surface area contributed by atoms with Gasteiger partial charge in [-0.2, -0.15) is 4.98 Å². The number of para-hydroxylation sites is 1. The molecule has 0 aliphatic carbocycles. The van der Waals surface area contributed by atoms with Crippen LogP contribution in [-0.2, 0) is 6.42 Å². The molecule has 3 rings (SSSR count). The van der Waals surface area contributed by atoms with Gasteiger partial charge in [0, 0.05) is 35.8 Å². The van der Waals surface area contributed by atoms with E-state index in [-0.39, 0.29) is 0 Å². The van der Waals surface area contributed by atoms with Gasteiger partial charge in [0.2, 0.25) is 5.95 Å². The standard InChI is InChI=1S/C22H27N5/c1-5-16(4)24-22-25-19(18-11-8-12-23-14-18)13-20(27-22)26-21-15(3)9-7-10-17(21)6-2/h7-14,16H,5-6H2,1-4H3,(H2,24,25,26,27)/t16-/m0/s1. The zero-order valence-electron chi connectivity index (χ0n) is 16.5. The van der Waals surface area contributed by atoms with Gasteiger partial charge in [-0.3, -0.25) is 4.98 Å². The number of rotatable bonds is 7. The molecule has 140 valence electrons. The first kappa shape index (κ1) is 18.8. The number of benzene rings is 1. The fraction of sp³-hybridized carbons (Fsp3) is 0.318. The van der Waals surface area contributed by atoms with Gasteiger partial charge in [-0.1, -0.05) is 32.0 Å². The first-order valence-corrected chi connectivity index (χ1v) is 9.52. The van der Waals surface area contributed by atoms with Gasteiger partial charge in [0.1, 0.15) is 5.82 Å². The van der Waals surface area contributed by atoms with Crippen LogP contribution in [0.15, 0.2) is 48.8 Å². The summed E-state index contributed by atoms with van der Waals surface area (Å²) in [5, 5.41) is 6.91. The molecule has 2 N–H and O–H groups in total. The minimum atomic E-state index is 0.298. The third-order valence-corrected chi connectivity index (χ3v) is 4.66. The average Bonchev–Trinajstić information content (AvgIpc) is 2.70. The number of hydrogen-bond acceptors (Lipinski definition) is 5. The van der Waals surface area contributed by atoms with Gasteiger partial charge in [0.15, 0.2) is 0 Å². The summed E-state index contributed by atoms with van der Waals surface area (Å²) >= 11 is 0. The molecule has 0 aliphatic rings. The fourth-order valence-corrected chi connectivity index (χ4v) is 2.89. The smallest absolute Gasteiger partial charge is 0.225 e. The van der Waals surface area contributed by atoms with E-state index in [0.717, 1.165) is 35.6 Å². The Labute approximate surface area is 161 Å². The van der Waals surface area contributed by atoms with Crippen LogP contribution in [0.4, 0.5) is 17.5 Å². The van der Waals surface area contributed by atoms with Gasteiger partial charge in [0.25, 0.3) is 0 Å². The van der Waals surface area contributed by atoms with E-state index in [1.54, 1.807) is 6.20 Å². The highest BCUT2D eigenvalue weighted by Crippen LogP contribution is 2.27. The second-order valence-corrected chi connectivity index (χ2v) is 6.74. The van der Waals surface area contributed by atoms with Crippen molar-refractivity contribution in [3.63, 3.8) is 0 Å². The molecule has 0 saturated carbocycles. The normalized spacial score (nSPS) is 11.9. The molecule has 3 aromatic rings. The van der Waals surface area contributed by atoms with E-state index in [2.05, 4.69) is 61.5 Å². The van der Waals surface area contributed by atoms with Crippen LogP contribution in [-0.4, -0.2) is 21.0 Å². The molecule has 1 atom stereocenters. The SMILES string of the molecule is CCc1cccc(C)c1Nc1cc(-c2cccnc2)nc(N[C@@H](C)CC)n1. The van der Waals surface area contributed by atoms with Crippen molar-refractivity contribution in [1.29, 1.82) is 0 Å². The quantitative estimate of drug-likeness (QED) is 0.593. The molecular weight excluding hydrogens is 334 g/mol. The molecule has 0 aliphatic heterocycles. The summed E-state index contributed by atoms with van der Waals surface area (Å²) in [4.78, 5) is 13.6. The van der Waals surface area contributed by atoms with Crippen LogP contribution in [0, 0.1) is 6.92 Å². The van der Waals surface area contributed by atoms with Gasteiger partial charge in [-0.05, 0) is 49.9 Å². The summed E-state index contributed by atoms with van der Waals surface area (Å²) < 4.78 is 0. The summed E-state index contributed by atoms with van der Waals surface area (Å²) in [5.41, 5.74) is 5.40. The molecule has 0 bridgehead atoms. The molecule has 0 unspecified atom stereocenters. The molecule has 2 aromatic heterocycles. The zero-order chi connectivity index (χ0) is 19.2. The molecule has 5 heteroatoms. The van der Waals surface area contributed by atoms with E-state index in [1.807, 2.05) is 24.4 Å². The Bertz CT molecular complexity index is 892. The van der Waals surface area contributed by atoms with E-state index in [4.69, 9.17) is 9.97 Å². The minimum absolute atomic E-state index is 0.298. The number of nitrogens with zero attached hydrogens (tertiary/aromatic N) is 3. The Morgan fingerprint density at radius 1 is 1.07 bits per heavy atom. The maximum absolute atomic E-state index is 4.70. The van der Waals surface area contributed by atoms with Crippen LogP contribution >= 0.6 is 0 Å². The van der Waals surface area contributed by atoms with Crippen molar-refractivity contribution < 1.29 is 0 Å². The second kappa shape index (κ2) is 8.62. The molecule has 5 nitrogen and oxygen atoms in total. The van der Waals surface area contributed by atoms with Gasteiger partial charge in [-0.25, -0.2) is 4.98 Å². The predicted molar refractivity (Wildman–Crippen MR) is 112 cm³/mol. The van der Waals surface area contributed by atoms with Crippen LogP contribution in [0.25, 0.3) is 11.3 Å². The molecule has 0 radical (unpaired) electrons. The first-order chi connectivity index (χ1) is 13.1. The number of aromatic nitrogens is 3. The summed E-state index contributed by atoms with van der Waals surface area (Å²) in [6, 6.07) is 12.6. The lowest BCUT2D eigenvalue weighted by Crippen LogP contribution is -2.16. The first-order valence-electron chi connectivity index (χ1n) is 9.52. The van der Waals surface area contributed by atoms with Gasteiger partial charge in [-0.15, -0.1) is 0 Å². The van der Waals surface area contributed by atoms with Crippen molar-refractivity contribution in [2.24, 2.45) is 0 Å². The minimum Gasteiger partial charge on any atom is -0.352 e. The Balaban J connectivity index is 2.03. The lowest BCUT2D eigenvalue weighted by atomic mass is 10.1. The molecule has 27 heavy (non-hydrogen) atoms. The van der Waals surface area contributed by atoms with Gasteiger partial charge in [0.05, 0.1) is 5.69 Å². The molecule has 2 heterocycles. The largest absolute Gasteiger partial charge is 0.352 e. The monoisotopic (exact) mass is 361 g/mol. The van der Waals surface area contributed by atoms with E-state index < -0.39 is 0 Å². The Morgan fingerprint density at radius 2 is 1.93 bits per heavy atom. The molecule has 0 spiro atoms. The number of hydrogen-bond donors (Lipinski definition) is 2. The number of nitrogens with one attached hydrogen (secondary N) is 2. The summed E-state index contributed by atoms with van der Waals surface area (Å²) in [7, 11) is 0. The average molecular weight is 361 g/mol. The van der Waals surface area contributed by atoms with Crippen LogP contribution in [0.5, 0.6) is 0 Å². The Morgan fingerprint density at radius 3 is 2.63 bits per heavy atom. The van der Waals surface area contributed by atoms with Crippen molar-refractivity contribution >= 4 is 17.5 Å². The van der Waals surface area contributed by atoms with Crippen molar-refractivity contribution in [1.82, 2.24) is 15.0 Å². The van der Waals surface area contributed by atoms with Crippen LogP contribution in [0.2, 0.25) is 0 Å². The maximum Gasteiger partial charge on any atom is 0.225 e. The number of anilines is 3. The van der Waals surface area contributed by atoms with Crippen molar-refractivity contribution in [3.05, 3.63) is 59.9 Å². The van der Waals surface area contributed by atoms with E-state index in [9.17, 15) is 0 Å². The highest BCUT2D eigenvalue weighted by Gasteiger charge is 2.11. The van der Waals surface area contributed by atoms with Crippen LogP contribution < -0.4 is 10.6 Å². The van der Waals surface area contributed by atoms with E-state index in [1.165, 1.54) is 11.1 Å². The van der Waals surface area contributed by atoms with E-state index >= 15 is 0 Å². The summed E-state index contributed by atoms with van der Waals surface area (Å²) in [6.45, 7) is 8.55. The van der Waals surface area contributed by atoms with Crippen molar-refractivity contribution in [3.8, 4) is 11.3 Å². The summed E-state index contributed by atoms with van der Waals surface area (Å²) in [5.74, 6) is 1.40. The van der Waals surface area contributed by atoms with Crippen molar-refractivity contribution in [2.45, 2.75) is 46.6 Å². The Hall–Kier alpha value is -2.95. The number of pyridine rings is 1. The van der Waals surface area contributed by atoms with Crippen LogP contribution in [0.3, 0.4) is 0 Å². The highest BCUT2D eigenvalue weighted by atomic mass is 15.2. The van der Waals surface area contributed by atoms with Crippen molar-refractivity contribution in [2.75, 3.05) is 10.6 Å². The summed E-state index contributed by atoms with van der Waals surface area (Å²) in [6.07, 6.45) is 5.55. The molecular formula is C22H27N5. The van der Waals surface area contributed by atoms with E-state index in [0.29, 0.717) is 12.0 Å². The third kappa shape index (κ3) is 4.61. The fourth-order valence-electron chi connectivity index (χ4n) is 2.89. The lowest BCUT2D eigenvalue weighted by Gasteiger charge is -2.17. The Kier molecular flexibility index (Phi) is 6.01. The number of aryl methyl sites for hydroxylation is 2. The van der Waals surface area contributed by atoms with Crippen LogP contribution in [0.1, 0.15) is 38.3 Å². The molecule has 0 saturated heterocycles. The topological polar surface area (TPSA) is 62.7 Å². The molecule has 0 fully saturated rings. The predicted octanol–water partition coefficient (Wildman–Crippen LogP) is 5.36. The van der Waals surface area contributed by atoms with Gasteiger partial charge < -0.3 is 10.6 Å².